The lowest BCUT2D eigenvalue weighted by Crippen LogP contribution is -2.42. The summed E-state index contributed by atoms with van der Waals surface area (Å²) in [6.45, 7) is 2.38. The number of nitrogens with one attached hydrogen (secondary N) is 1. The van der Waals surface area contributed by atoms with Gasteiger partial charge in [-0.15, -0.1) is 0 Å². The molecule has 3 amide bonds. The van der Waals surface area contributed by atoms with Crippen LogP contribution in [0.4, 0.5) is 0 Å². The molecule has 0 bridgehead atoms. The Kier molecular flexibility index (Phi) is 5.50. The largest absolute Gasteiger partial charge is 0.398 e. The van der Waals surface area contributed by atoms with E-state index in [2.05, 4.69) is 10.3 Å². The Morgan fingerprint density at radius 2 is 2.00 bits per heavy atom. The molecule has 0 unspecified atom stereocenters. The fourth-order valence-electron chi connectivity index (χ4n) is 3.84. The van der Waals surface area contributed by atoms with Crippen LogP contribution in [0.15, 0.2) is 47.6 Å². The Morgan fingerprint density at radius 3 is 2.68 bits per heavy atom. The number of nitrogens with two attached hydrogens (primary N) is 2. The molecular formula is C22H26N6O3. The quantitative estimate of drug-likeness (QED) is 0.448. The number of nitrogens with zero attached hydrogens (tertiary/aromatic N) is 3. The molecule has 1 aliphatic carbocycles. The van der Waals surface area contributed by atoms with E-state index in [4.69, 9.17) is 11.5 Å². The highest BCUT2D eigenvalue weighted by Gasteiger charge is 2.48. The molecule has 0 radical (unpaired) electrons. The van der Waals surface area contributed by atoms with Crippen LogP contribution < -0.4 is 16.8 Å². The summed E-state index contributed by atoms with van der Waals surface area (Å²) in [6.07, 6.45) is 7.77. The molecule has 31 heavy (non-hydrogen) atoms. The molecule has 0 spiro atoms. The fourth-order valence-corrected chi connectivity index (χ4v) is 3.84. The van der Waals surface area contributed by atoms with E-state index in [9.17, 15) is 14.4 Å². The van der Waals surface area contributed by atoms with Gasteiger partial charge in [0, 0.05) is 41.3 Å². The molecule has 0 aromatic carbocycles. The van der Waals surface area contributed by atoms with Crippen molar-refractivity contribution in [2.24, 2.45) is 11.5 Å². The Hall–Kier alpha value is -3.62. The molecule has 0 atom stereocenters. The second-order valence-electron chi connectivity index (χ2n) is 8.04. The number of rotatable bonds is 6. The molecule has 1 saturated carbocycles. The SMILES string of the molecule is Cc1ccc(/C(N)=C/C=C(\N)NC(=O)CN2CCCC3=C2C(=O)N(C2CC2)C3=O)cn1. The topological polar surface area (TPSA) is 135 Å². The summed E-state index contributed by atoms with van der Waals surface area (Å²) in [5.41, 5.74) is 14.9. The zero-order chi connectivity index (χ0) is 22.1. The maximum Gasteiger partial charge on any atom is 0.277 e. The minimum Gasteiger partial charge on any atom is -0.398 e. The molecule has 3 heterocycles. The summed E-state index contributed by atoms with van der Waals surface area (Å²) in [6, 6.07) is 3.72. The lowest BCUT2D eigenvalue weighted by molar-refractivity contribution is -0.138. The summed E-state index contributed by atoms with van der Waals surface area (Å²) >= 11 is 0. The van der Waals surface area contributed by atoms with E-state index in [1.54, 1.807) is 17.2 Å². The maximum atomic E-state index is 12.8. The number of hydrogen-bond acceptors (Lipinski definition) is 7. The van der Waals surface area contributed by atoms with Gasteiger partial charge in [0.1, 0.15) is 11.5 Å². The molecule has 1 fully saturated rings. The van der Waals surface area contributed by atoms with Gasteiger partial charge in [-0.2, -0.15) is 0 Å². The van der Waals surface area contributed by atoms with Gasteiger partial charge in [0.05, 0.1) is 6.54 Å². The zero-order valence-electron chi connectivity index (χ0n) is 17.4. The van der Waals surface area contributed by atoms with Crippen molar-refractivity contribution in [2.45, 2.75) is 38.6 Å². The van der Waals surface area contributed by atoms with Crippen LogP contribution in [-0.4, -0.2) is 51.6 Å². The number of imide groups is 1. The van der Waals surface area contributed by atoms with Gasteiger partial charge in [-0.1, -0.05) is 0 Å². The Balaban J connectivity index is 1.39. The Labute approximate surface area is 180 Å². The predicted octanol–water partition coefficient (Wildman–Crippen LogP) is 0.487. The number of amides is 3. The smallest absolute Gasteiger partial charge is 0.277 e. The van der Waals surface area contributed by atoms with Crippen molar-refractivity contribution >= 4 is 23.4 Å². The number of aromatic nitrogens is 1. The second kappa shape index (κ2) is 8.25. The van der Waals surface area contributed by atoms with Crippen LogP contribution in [0.2, 0.25) is 0 Å². The predicted molar refractivity (Wildman–Crippen MR) is 114 cm³/mol. The summed E-state index contributed by atoms with van der Waals surface area (Å²) in [7, 11) is 0. The molecule has 9 nitrogen and oxygen atoms in total. The number of hydrogen-bond donors (Lipinski definition) is 3. The Morgan fingerprint density at radius 1 is 1.23 bits per heavy atom. The summed E-state index contributed by atoms with van der Waals surface area (Å²) in [5, 5.41) is 2.61. The van der Waals surface area contributed by atoms with Gasteiger partial charge < -0.3 is 21.7 Å². The van der Waals surface area contributed by atoms with E-state index in [0.717, 1.165) is 30.5 Å². The number of carbonyl (C=O) groups is 3. The van der Waals surface area contributed by atoms with Crippen molar-refractivity contribution in [2.75, 3.05) is 13.1 Å². The van der Waals surface area contributed by atoms with Crippen LogP contribution in [-0.2, 0) is 14.4 Å². The van der Waals surface area contributed by atoms with Crippen LogP contribution in [0.25, 0.3) is 5.70 Å². The van der Waals surface area contributed by atoms with Gasteiger partial charge in [-0.25, -0.2) is 0 Å². The molecule has 0 saturated heterocycles. The fraction of sp³-hybridized carbons (Fsp3) is 0.364. The molecule has 162 valence electrons. The minimum absolute atomic E-state index is 0.0147. The number of allylic oxidation sites excluding steroid dienone is 2. The highest BCUT2D eigenvalue weighted by atomic mass is 16.2. The maximum absolute atomic E-state index is 12.8. The normalized spacial score (nSPS) is 19.8. The summed E-state index contributed by atoms with van der Waals surface area (Å²) in [4.78, 5) is 45.1. The van der Waals surface area contributed by atoms with E-state index in [1.165, 1.54) is 11.0 Å². The molecule has 9 heteroatoms. The van der Waals surface area contributed by atoms with Crippen molar-refractivity contribution in [3.63, 3.8) is 0 Å². The van der Waals surface area contributed by atoms with Gasteiger partial charge in [0.15, 0.2) is 0 Å². The highest BCUT2D eigenvalue weighted by Crippen LogP contribution is 2.38. The molecular weight excluding hydrogens is 396 g/mol. The van der Waals surface area contributed by atoms with Crippen LogP contribution in [0.1, 0.15) is 36.9 Å². The van der Waals surface area contributed by atoms with Gasteiger partial charge in [-0.3, -0.25) is 24.3 Å². The average Bonchev–Trinajstić information content (AvgIpc) is 3.53. The average molecular weight is 422 g/mol. The summed E-state index contributed by atoms with van der Waals surface area (Å²) < 4.78 is 0. The van der Waals surface area contributed by atoms with Gasteiger partial charge in [0.2, 0.25) is 5.91 Å². The molecule has 5 N–H and O–H groups in total. The third-order valence-electron chi connectivity index (χ3n) is 5.57. The van der Waals surface area contributed by atoms with Gasteiger partial charge in [0.25, 0.3) is 11.8 Å². The molecule has 2 aliphatic heterocycles. The van der Waals surface area contributed by atoms with E-state index in [0.29, 0.717) is 29.9 Å². The van der Waals surface area contributed by atoms with Crippen LogP contribution in [0.3, 0.4) is 0 Å². The summed E-state index contributed by atoms with van der Waals surface area (Å²) in [5.74, 6) is -0.705. The highest BCUT2D eigenvalue weighted by molar-refractivity contribution is 6.19. The van der Waals surface area contributed by atoms with Crippen molar-refractivity contribution in [1.82, 2.24) is 20.1 Å². The number of aryl methyl sites for hydroxylation is 1. The van der Waals surface area contributed by atoms with Crippen molar-refractivity contribution in [3.8, 4) is 0 Å². The molecule has 4 rings (SSSR count). The first-order valence-corrected chi connectivity index (χ1v) is 10.4. The first-order valence-electron chi connectivity index (χ1n) is 10.4. The van der Waals surface area contributed by atoms with Gasteiger partial charge >= 0.3 is 0 Å². The van der Waals surface area contributed by atoms with E-state index in [1.807, 2.05) is 19.1 Å². The molecule has 1 aromatic rings. The zero-order valence-corrected chi connectivity index (χ0v) is 17.4. The van der Waals surface area contributed by atoms with Crippen molar-refractivity contribution in [1.29, 1.82) is 0 Å². The van der Waals surface area contributed by atoms with E-state index in [-0.39, 0.29) is 36.1 Å². The van der Waals surface area contributed by atoms with Crippen molar-refractivity contribution in [3.05, 3.63) is 58.8 Å². The van der Waals surface area contributed by atoms with E-state index < -0.39 is 0 Å². The third-order valence-corrected chi connectivity index (χ3v) is 5.57. The first-order chi connectivity index (χ1) is 14.8. The number of carbonyl (C=O) groups excluding carboxylic acids is 3. The van der Waals surface area contributed by atoms with Crippen molar-refractivity contribution < 1.29 is 14.4 Å². The minimum atomic E-state index is -0.364. The van der Waals surface area contributed by atoms with Gasteiger partial charge in [-0.05, 0) is 56.9 Å². The monoisotopic (exact) mass is 422 g/mol. The van der Waals surface area contributed by atoms with Crippen LogP contribution in [0, 0.1) is 6.92 Å². The lowest BCUT2D eigenvalue weighted by atomic mass is 10.0. The van der Waals surface area contributed by atoms with E-state index >= 15 is 0 Å². The molecule has 3 aliphatic rings. The standard InChI is InChI=1S/C22H26N6O3/c1-13-4-5-14(11-25-13)17(23)8-9-18(24)26-19(29)12-27-10-2-3-16-20(27)22(31)28(21(16)30)15-6-7-15/h4-5,8-9,11,15H,2-3,6-7,10,12,23-24H2,1H3,(H,26,29)/b17-8-,18-9+. The first kappa shape index (κ1) is 20.6. The number of pyridine rings is 1. The van der Waals surface area contributed by atoms with Crippen LogP contribution >= 0.6 is 0 Å². The Bertz CT molecular complexity index is 1020. The van der Waals surface area contributed by atoms with Crippen LogP contribution in [0.5, 0.6) is 0 Å². The third kappa shape index (κ3) is 4.30. The molecule has 1 aromatic heterocycles. The second-order valence-corrected chi connectivity index (χ2v) is 8.04. The lowest BCUT2D eigenvalue weighted by Gasteiger charge is -2.28.